The van der Waals surface area contributed by atoms with Crippen LogP contribution >= 0.6 is 0 Å². The average Bonchev–Trinajstić information content (AvgIpc) is 3.05. The van der Waals surface area contributed by atoms with E-state index in [0.717, 1.165) is 30.8 Å². The molecule has 0 saturated carbocycles. The number of fused-ring (bicyclic) bond motifs is 1. The van der Waals surface area contributed by atoms with Gasteiger partial charge < -0.3 is 10.2 Å². The van der Waals surface area contributed by atoms with Crippen LogP contribution in [0.25, 0.3) is 22.6 Å². The molecule has 6 heteroatoms. The van der Waals surface area contributed by atoms with Crippen molar-refractivity contribution >= 4 is 17.0 Å². The molecule has 4 rings (SSSR count). The van der Waals surface area contributed by atoms with Crippen LogP contribution in [0.3, 0.4) is 0 Å². The van der Waals surface area contributed by atoms with Crippen molar-refractivity contribution in [3.05, 3.63) is 54.2 Å². The number of halogens is 1. The number of anilines is 1. The number of nitrogens with one attached hydrogen (secondary N) is 1. The van der Waals surface area contributed by atoms with Gasteiger partial charge in [0.15, 0.2) is 0 Å². The molecular weight excluding hydrogens is 317 g/mol. The lowest BCUT2D eigenvalue weighted by Crippen LogP contribution is -2.23. The Bertz CT molecular complexity index is 960. The highest BCUT2D eigenvalue weighted by atomic mass is 19.1. The fraction of sp³-hybridized carbons (Fsp3) is 0.263. The summed E-state index contributed by atoms with van der Waals surface area (Å²) in [6.45, 7) is 1.99. The van der Waals surface area contributed by atoms with Crippen molar-refractivity contribution in [2.45, 2.75) is 6.42 Å². The highest BCUT2D eigenvalue weighted by Crippen LogP contribution is 2.26. The van der Waals surface area contributed by atoms with Gasteiger partial charge >= 0.3 is 0 Å². The summed E-state index contributed by atoms with van der Waals surface area (Å²) in [6.07, 6.45) is 8.95. The number of likely N-dealkylation sites (N-methyl/N-ethyl adjacent to an activating group) is 1. The molecule has 1 N–H and O–H groups in total. The second-order valence-electron chi connectivity index (χ2n) is 6.36. The van der Waals surface area contributed by atoms with Crippen LogP contribution in [0.4, 0.5) is 10.1 Å². The third-order valence-corrected chi connectivity index (χ3v) is 4.62. The van der Waals surface area contributed by atoms with Crippen LogP contribution in [0.5, 0.6) is 0 Å². The molecule has 0 spiro atoms. The summed E-state index contributed by atoms with van der Waals surface area (Å²) in [7, 11) is 3.93. The third kappa shape index (κ3) is 3.00. The first-order valence-electron chi connectivity index (χ1n) is 8.34. The fourth-order valence-corrected chi connectivity index (χ4v) is 3.09. The Labute approximate surface area is 145 Å². The van der Waals surface area contributed by atoms with Crippen LogP contribution in [-0.2, 0) is 0 Å². The summed E-state index contributed by atoms with van der Waals surface area (Å²) in [4.78, 5) is 11.2. The van der Waals surface area contributed by atoms with Crippen LogP contribution in [0.15, 0.2) is 42.9 Å². The minimum absolute atomic E-state index is 0.291. The highest BCUT2D eigenvalue weighted by Gasteiger charge is 2.14. The Balaban J connectivity index is 1.74. The first kappa shape index (κ1) is 15.8. The largest absolute Gasteiger partial charge is 0.388 e. The molecule has 0 unspecified atom stereocenters. The molecule has 1 aliphatic heterocycles. The number of benzene rings is 1. The van der Waals surface area contributed by atoms with E-state index in [2.05, 4.69) is 33.3 Å². The van der Waals surface area contributed by atoms with E-state index in [0.29, 0.717) is 17.0 Å². The van der Waals surface area contributed by atoms with Gasteiger partial charge in [0, 0.05) is 55.5 Å². The van der Waals surface area contributed by atoms with Gasteiger partial charge in [-0.2, -0.15) is 0 Å². The zero-order valence-electron chi connectivity index (χ0n) is 14.3. The number of hydrogen-bond acceptors (Lipinski definition) is 4. The quantitative estimate of drug-likeness (QED) is 0.796. The predicted octanol–water partition coefficient (Wildman–Crippen LogP) is 3.30. The molecule has 128 valence electrons. The van der Waals surface area contributed by atoms with E-state index in [1.807, 2.05) is 30.0 Å². The summed E-state index contributed by atoms with van der Waals surface area (Å²) < 4.78 is 16.1. The van der Waals surface area contributed by atoms with Crippen molar-refractivity contribution < 1.29 is 4.39 Å². The molecule has 0 aliphatic carbocycles. The van der Waals surface area contributed by atoms with Gasteiger partial charge in [0.25, 0.3) is 0 Å². The van der Waals surface area contributed by atoms with Crippen molar-refractivity contribution in [3.8, 4) is 11.3 Å². The maximum atomic E-state index is 14.2. The van der Waals surface area contributed by atoms with Crippen molar-refractivity contribution in [1.82, 2.24) is 19.3 Å². The zero-order valence-corrected chi connectivity index (χ0v) is 14.3. The topological polar surface area (TPSA) is 45.5 Å². The SMILES string of the molecule is CNc1ccc(F)c(-c2cn3cc(C4=CCN(C)CC4)cnc3n2)c1. The monoisotopic (exact) mass is 337 g/mol. The van der Waals surface area contributed by atoms with Gasteiger partial charge in [-0.3, -0.25) is 4.40 Å². The van der Waals surface area contributed by atoms with Gasteiger partial charge in [-0.1, -0.05) is 6.08 Å². The molecule has 0 amide bonds. The van der Waals surface area contributed by atoms with Gasteiger partial charge in [-0.05, 0) is 37.2 Å². The average molecular weight is 337 g/mol. The lowest BCUT2D eigenvalue weighted by molar-refractivity contribution is 0.370. The first-order chi connectivity index (χ1) is 12.1. The van der Waals surface area contributed by atoms with Gasteiger partial charge in [0.05, 0.1) is 5.69 Å². The van der Waals surface area contributed by atoms with Crippen molar-refractivity contribution in [2.75, 3.05) is 32.5 Å². The van der Waals surface area contributed by atoms with Crippen molar-refractivity contribution in [3.63, 3.8) is 0 Å². The summed E-state index contributed by atoms with van der Waals surface area (Å²) in [6, 6.07) is 4.92. The van der Waals surface area contributed by atoms with E-state index in [1.165, 1.54) is 11.6 Å². The highest BCUT2D eigenvalue weighted by molar-refractivity contribution is 5.69. The Morgan fingerprint density at radius 1 is 1.24 bits per heavy atom. The minimum Gasteiger partial charge on any atom is -0.388 e. The standard InChI is InChI=1S/C19H20FN5/c1-21-15-3-4-17(20)16(9-15)18-12-25-11-14(10-22-19(25)23-18)13-5-7-24(2)8-6-13/h3-5,9-12,21H,6-8H2,1-2H3. The van der Waals surface area contributed by atoms with E-state index in [4.69, 9.17) is 0 Å². The zero-order chi connectivity index (χ0) is 17.4. The predicted molar refractivity (Wildman–Crippen MR) is 98.0 cm³/mol. The lowest BCUT2D eigenvalue weighted by atomic mass is 10.0. The first-order valence-corrected chi connectivity index (χ1v) is 8.34. The van der Waals surface area contributed by atoms with E-state index in [9.17, 15) is 4.39 Å². The maximum absolute atomic E-state index is 14.2. The smallest absolute Gasteiger partial charge is 0.234 e. The van der Waals surface area contributed by atoms with E-state index in [-0.39, 0.29) is 5.82 Å². The molecular formula is C19H20FN5. The molecule has 3 heterocycles. The number of imidazole rings is 1. The molecule has 5 nitrogen and oxygen atoms in total. The van der Waals surface area contributed by atoms with E-state index >= 15 is 0 Å². The molecule has 1 aromatic carbocycles. The molecule has 0 fully saturated rings. The molecule has 0 radical (unpaired) electrons. The summed E-state index contributed by atoms with van der Waals surface area (Å²) in [5.74, 6) is 0.280. The lowest BCUT2D eigenvalue weighted by Gasteiger charge is -2.21. The second kappa shape index (κ2) is 6.29. The Morgan fingerprint density at radius 2 is 2.12 bits per heavy atom. The Kier molecular flexibility index (Phi) is 3.97. The van der Waals surface area contributed by atoms with Crippen molar-refractivity contribution in [1.29, 1.82) is 0 Å². The normalized spacial score (nSPS) is 15.4. The summed E-state index contributed by atoms with van der Waals surface area (Å²) in [5, 5.41) is 3.03. The van der Waals surface area contributed by atoms with Gasteiger partial charge in [0.2, 0.25) is 5.78 Å². The Morgan fingerprint density at radius 3 is 2.88 bits per heavy atom. The number of hydrogen-bond donors (Lipinski definition) is 1. The van der Waals surface area contributed by atoms with Crippen LogP contribution < -0.4 is 5.32 Å². The molecule has 25 heavy (non-hydrogen) atoms. The molecule has 0 atom stereocenters. The number of nitrogens with zero attached hydrogens (tertiary/aromatic N) is 4. The summed E-state index contributed by atoms with van der Waals surface area (Å²) in [5.41, 5.74) is 4.28. The van der Waals surface area contributed by atoms with Crippen molar-refractivity contribution in [2.24, 2.45) is 0 Å². The fourth-order valence-electron chi connectivity index (χ4n) is 3.09. The van der Waals surface area contributed by atoms with Crippen LogP contribution in [0.1, 0.15) is 12.0 Å². The molecule has 0 saturated heterocycles. The number of rotatable bonds is 3. The summed E-state index contributed by atoms with van der Waals surface area (Å²) >= 11 is 0. The van der Waals surface area contributed by atoms with Crippen LogP contribution in [0.2, 0.25) is 0 Å². The van der Waals surface area contributed by atoms with E-state index in [1.54, 1.807) is 12.1 Å². The maximum Gasteiger partial charge on any atom is 0.234 e. The molecule has 0 bridgehead atoms. The van der Waals surface area contributed by atoms with Crippen LogP contribution in [0, 0.1) is 5.82 Å². The second-order valence-corrected chi connectivity index (χ2v) is 6.36. The third-order valence-electron chi connectivity index (χ3n) is 4.62. The van der Waals surface area contributed by atoms with Gasteiger partial charge in [-0.15, -0.1) is 0 Å². The molecule has 3 aromatic rings. The molecule has 1 aliphatic rings. The van der Waals surface area contributed by atoms with Crippen LogP contribution in [-0.4, -0.2) is 46.5 Å². The van der Waals surface area contributed by atoms with E-state index < -0.39 is 0 Å². The molecule has 2 aromatic heterocycles. The number of aromatic nitrogens is 3. The minimum atomic E-state index is -0.291. The Hall–Kier alpha value is -2.73. The van der Waals surface area contributed by atoms with Gasteiger partial charge in [-0.25, -0.2) is 14.4 Å². The van der Waals surface area contributed by atoms with Gasteiger partial charge in [0.1, 0.15) is 5.82 Å².